The molecule has 0 atom stereocenters. The Hall–Kier alpha value is -1.71. The molecule has 0 aliphatic heterocycles. The first-order valence-corrected chi connectivity index (χ1v) is 7.14. The molecule has 2 rings (SSSR count). The first kappa shape index (κ1) is 13.7. The van der Waals surface area contributed by atoms with Crippen LogP contribution in [-0.2, 0) is 23.1 Å². The molecule has 0 saturated heterocycles. The third kappa shape index (κ3) is 3.00. The van der Waals surface area contributed by atoms with E-state index in [1.165, 1.54) is 6.33 Å². The number of imidazole rings is 1. The van der Waals surface area contributed by atoms with Crippen LogP contribution in [-0.4, -0.2) is 40.2 Å². The topological polar surface area (TPSA) is 124 Å². The van der Waals surface area contributed by atoms with Crippen LogP contribution in [0.1, 0.15) is 17.0 Å². The molecule has 0 aliphatic rings. The standard InChI is InChI=1S/C10H15N5O3S/c1-7-9(5-16)10(15-14-7)19(17,18)13-3-2-8-4-11-6-12-8/h4,6,13,16H,2-3,5H2,1H3,(H,11,12)(H,14,15). The van der Waals surface area contributed by atoms with E-state index in [9.17, 15) is 8.42 Å². The highest BCUT2D eigenvalue weighted by Gasteiger charge is 2.22. The van der Waals surface area contributed by atoms with Crippen molar-refractivity contribution in [2.45, 2.75) is 25.0 Å². The number of hydrogen-bond donors (Lipinski definition) is 4. The van der Waals surface area contributed by atoms with Crippen molar-refractivity contribution in [3.63, 3.8) is 0 Å². The van der Waals surface area contributed by atoms with Gasteiger partial charge in [0, 0.05) is 36.1 Å². The van der Waals surface area contributed by atoms with Gasteiger partial charge >= 0.3 is 0 Å². The lowest BCUT2D eigenvalue weighted by Gasteiger charge is -2.05. The average Bonchev–Trinajstić information content (AvgIpc) is 2.98. The van der Waals surface area contributed by atoms with Crippen LogP contribution >= 0.6 is 0 Å². The summed E-state index contributed by atoms with van der Waals surface area (Å²) in [6.07, 6.45) is 3.66. The molecule has 0 radical (unpaired) electrons. The maximum atomic E-state index is 12.0. The van der Waals surface area contributed by atoms with Crippen molar-refractivity contribution in [3.05, 3.63) is 29.5 Å². The highest BCUT2D eigenvalue weighted by molar-refractivity contribution is 7.89. The monoisotopic (exact) mass is 285 g/mol. The molecule has 9 heteroatoms. The zero-order valence-corrected chi connectivity index (χ0v) is 11.2. The minimum absolute atomic E-state index is 0.155. The Morgan fingerprint density at radius 1 is 1.47 bits per heavy atom. The largest absolute Gasteiger partial charge is 0.392 e. The number of hydrogen-bond acceptors (Lipinski definition) is 5. The van der Waals surface area contributed by atoms with E-state index in [0.717, 1.165) is 5.69 Å². The lowest BCUT2D eigenvalue weighted by molar-refractivity contribution is 0.277. The van der Waals surface area contributed by atoms with Gasteiger partial charge in [0.1, 0.15) is 0 Å². The number of sulfonamides is 1. The lowest BCUT2D eigenvalue weighted by atomic mass is 10.3. The molecule has 0 amide bonds. The van der Waals surface area contributed by atoms with Gasteiger partial charge in [-0.2, -0.15) is 5.10 Å². The average molecular weight is 285 g/mol. The Morgan fingerprint density at radius 2 is 2.26 bits per heavy atom. The first-order valence-electron chi connectivity index (χ1n) is 5.66. The summed E-state index contributed by atoms with van der Waals surface area (Å²) in [6.45, 7) is 1.50. The summed E-state index contributed by atoms with van der Waals surface area (Å²) in [5, 5.41) is 15.3. The first-order chi connectivity index (χ1) is 9.04. The van der Waals surface area contributed by atoms with Crippen LogP contribution in [0, 0.1) is 6.92 Å². The Morgan fingerprint density at radius 3 is 2.89 bits per heavy atom. The number of aryl methyl sites for hydroxylation is 1. The van der Waals surface area contributed by atoms with Crippen molar-refractivity contribution in [2.75, 3.05) is 6.54 Å². The predicted octanol–water partition coefficient (Wildman–Crippen LogP) is -0.545. The zero-order chi connectivity index (χ0) is 13.9. The number of aliphatic hydroxyl groups excluding tert-OH is 1. The third-order valence-electron chi connectivity index (χ3n) is 2.69. The Balaban J connectivity index is 2.05. The fraction of sp³-hybridized carbons (Fsp3) is 0.400. The second kappa shape index (κ2) is 5.51. The molecule has 0 saturated carbocycles. The molecule has 2 aromatic heterocycles. The van der Waals surface area contributed by atoms with Gasteiger partial charge in [-0.15, -0.1) is 0 Å². The third-order valence-corrected chi connectivity index (χ3v) is 4.12. The van der Waals surface area contributed by atoms with Gasteiger partial charge < -0.3 is 10.1 Å². The highest BCUT2D eigenvalue weighted by atomic mass is 32.2. The summed E-state index contributed by atoms with van der Waals surface area (Å²) < 4.78 is 26.5. The van der Waals surface area contributed by atoms with Gasteiger partial charge in [0.2, 0.25) is 0 Å². The Bertz CT molecular complexity index is 632. The van der Waals surface area contributed by atoms with Crippen molar-refractivity contribution < 1.29 is 13.5 Å². The van der Waals surface area contributed by atoms with E-state index < -0.39 is 10.0 Å². The maximum Gasteiger partial charge on any atom is 0.260 e. The number of rotatable bonds is 6. The fourth-order valence-corrected chi connectivity index (χ4v) is 2.86. The van der Waals surface area contributed by atoms with E-state index >= 15 is 0 Å². The molecule has 0 aliphatic carbocycles. The van der Waals surface area contributed by atoms with E-state index in [0.29, 0.717) is 12.1 Å². The van der Waals surface area contributed by atoms with Crippen molar-refractivity contribution in [1.29, 1.82) is 0 Å². The quantitative estimate of drug-likeness (QED) is 0.567. The van der Waals surface area contributed by atoms with Crippen LogP contribution in [0.5, 0.6) is 0 Å². The van der Waals surface area contributed by atoms with Gasteiger partial charge in [-0.3, -0.25) is 5.10 Å². The van der Waals surface area contributed by atoms with Gasteiger partial charge in [0.05, 0.1) is 12.9 Å². The summed E-state index contributed by atoms with van der Waals surface area (Å²) >= 11 is 0. The van der Waals surface area contributed by atoms with Crippen LogP contribution in [0.25, 0.3) is 0 Å². The number of aromatic nitrogens is 4. The van der Waals surface area contributed by atoms with Crippen LogP contribution < -0.4 is 4.72 Å². The lowest BCUT2D eigenvalue weighted by Crippen LogP contribution is -2.27. The molecule has 0 unspecified atom stereocenters. The van der Waals surface area contributed by atoms with Gasteiger partial charge in [0.15, 0.2) is 5.03 Å². The maximum absolute atomic E-state index is 12.0. The molecule has 0 bridgehead atoms. The molecule has 0 fully saturated rings. The second-order valence-electron chi connectivity index (χ2n) is 4.02. The summed E-state index contributed by atoms with van der Waals surface area (Å²) in [7, 11) is -3.72. The molecule has 4 N–H and O–H groups in total. The van der Waals surface area contributed by atoms with Crippen LogP contribution in [0.4, 0.5) is 0 Å². The van der Waals surface area contributed by atoms with E-state index in [1.807, 2.05) is 0 Å². The van der Waals surface area contributed by atoms with Crippen LogP contribution in [0.2, 0.25) is 0 Å². The summed E-state index contributed by atoms with van der Waals surface area (Å²) in [4.78, 5) is 6.73. The normalized spacial score (nSPS) is 11.9. The van der Waals surface area contributed by atoms with E-state index in [4.69, 9.17) is 5.11 Å². The number of aliphatic hydroxyl groups is 1. The van der Waals surface area contributed by atoms with Crippen LogP contribution in [0.3, 0.4) is 0 Å². The molecule has 104 valence electrons. The fourth-order valence-electron chi connectivity index (χ4n) is 1.65. The SMILES string of the molecule is Cc1[nH]nc(S(=O)(=O)NCCc2cnc[nH]2)c1CO. The van der Waals surface area contributed by atoms with Gasteiger partial charge in [-0.1, -0.05) is 0 Å². The Labute approximate surface area is 110 Å². The molecule has 2 heterocycles. The molecule has 19 heavy (non-hydrogen) atoms. The number of aromatic amines is 2. The van der Waals surface area contributed by atoms with Crippen LogP contribution in [0.15, 0.2) is 17.6 Å². The number of nitrogens with zero attached hydrogens (tertiary/aromatic N) is 2. The number of H-pyrrole nitrogens is 2. The van der Waals surface area contributed by atoms with Gasteiger partial charge in [0.25, 0.3) is 10.0 Å². The van der Waals surface area contributed by atoms with E-state index in [-0.39, 0.29) is 23.7 Å². The highest BCUT2D eigenvalue weighted by Crippen LogP contribution is 2.15. The molecular formula is C10H15N5O3S. The minimum atomic E-state index is -3.72. The van der Waals surface area contributed by atoms with Crippen molar-refractivity contribution in [2.24, 2.45) is 0 Å². The smallest absolute Gasteiger partial charge is 0.260 e. The number of nitrogens with one attached hydrogen (secondary N) is 3. The van der Waals surface area contributed by atoms with Gasteiger partial charge in [-0.05, 0) is 6.92 Å². The summed E-state index contributed by atoms with van der Waals surface area (Å²) in [5.74, 6) is 0. The molecule has 8 nitrogen and oxygen atoms in total. The van der Waals surface area contributed by atoms with Crippen molar-refractivity contribution in [1.82, 2.24) is 24.9 Å². The summed E-state index contributed by atoms with van der Waals surface area (Å²) in [5.41, 5.74) is 1.66. The summed E-state index contributed by atoms with van der Waals surface area (Å²) in [6, 6.07) is 0. The molecule has 2 aromatic rings. The molecule has 0 spiro atoms. The molecule has 0 aromatic carbocycles. The van der Waals surface area contributed by atoms with Gasteiger partial charge in [-0.25, -0.2) is 18.1 Å². The Kier molecular flexibility index (Phi) is 3.98. The minimum Gasteiger partial charge on any atom is -0.392 e. The molecular weight excluding hydrogens is 270 g/mol. The van der Waals surface area contributed by atoms with E-state index in [1.54, 1.807) is 13.1 Å². The second-order valence-corrected chi connectivity index (χ2v) is 5.70. The van der Waals surface area contributed by atoms with E-state index in [2.05, 4.69) is 24.9 Å². The van der Waals surface area contributed by atoms with Crippen molar-refractivity contribution in [3.8, 4) is 0 Å². The van der Waals surface area contributed by atoms with Crippen molar-refractivity contribution >= 4 is 10.0 Å². The predicted molar refractivity (Wildman–Crippen MR) is 66.7 cm³/mol. The zero-order valence-electron chi connectivity index (χ0n) is 10.3.